The summed E-state index contributed by atoms with van der Waals surface area (Å²) in [7, 11) is 0. The monoisotopic (exact) mass is 318 g/mol. The Labute approximate surface area is 133 Å². The first-order valence-corrected chi connectivity index (χ1v) is 8.13. The lowest BCUT2D eigenvalue weighted by Crippen LogP contribution is -2.70. The molecule has 2 fully saturated rings. The van der Waals surface area contributed by atoms with E-state index in [2.05, 4.69) is 20.4 Å². The lowest BCUT2D eigenvalue weighted by atomic mass is 9.78. The average molecular weight is 318 g/mol. The highest BCUT2D eigenvalue weighted by Gasteiger charge is 2.63. The molecule has 2 aliphatic rings. The maximum atomic E-state index is 12.4. The predicted molar refractivity (Wildman–Crippen MR) is 86.4 cm³/mol. The molecule has 1 aromatic carbocycles. The molecule has 0 aliphatic carbocycles. The molecule has 0 aromatic heterocycles. The standard InChI is InChI=1S/C16H18N2O3S/c1-4-13-14(19)17-9-15(2,3)10-22-16(13,17)11-5-7-12(8-6-11)18(20)21/h4-8,13H,1,9-10H2,2-3H3/t13-,16+/m0/s1. The zero-order chi connectivity index (χ0) is 16.1. The van der Waals surface area contributed by atoms with Crippen molar-refractivity contribution in [1.29, 1.82) is 0 Å². The van der Waals surface area contributed by atoms with Crippen LogP contribution in [0.25, 0.3) is 0 Å². The van der Waals surface area contributed by atoms with Crippen molar-refractivity contribution < 1.29 is 9.72 Å². The van der Waals surface area contributed by atoms with Gasteiger partial charge in [-0.2, -0.15) is 0 Å². The molecule has 3 rings (SSSR count). The third-order valence-corrected chi connectivity index (χ3v) is 6.43. The molecule has 2 aliphatic heterocycles. The van der Waals surface area contributed by atoms with E-state index in [0.29, 0.717) is 6.54 Å². The maximum Gasteiger partial charge on any atom is 0.269 e. The van der Waals surface area contributed by atoms with Gasteiger partial charge in [-0.25, -0.2) is 0 Å². The number of carbonyl (C=O) groups is 1. The minimum absolute atomic E-state index is 0.0636. The first-order valence-electron chi connectivity index (χ1n) is 7.15. The quantitative estimate of drug-likeness (QED) is 0.372. The van der Waals surface area contributed by atoms with E-state index in [1.165, 1.54) is 12.1 Å². The van der Waals surface area contributed by atoms with Crippen molar-refractivity contribution in [1.82, 2.24) is 4.90 Å². The molecule has 22 heavy (non-hydrogen) atoms. The van der Waals surface area contributed by atoms with Crippen molar-refractivity contribution in [3.63, 3.8) is 0 Å². The van der Waals surface area contributed by atoms with Crippen LogP contribution in [0.5, 0.6) is 0 Å². The number of hydrogen-bond donors (Lipinski definition) is 0. The zero-order valence-corrected chi connectivity index (χ0v) is 13.4. The fourth-order valence-corrected chi connectivity index (χ4v) is 4.94. The summed E-state index contributed by atoms with van der Waals surface area (Å²) in [6, 6.07) is 6.54. The molecular weight excluding hydrogens is 300 g/mol. The van der Waals surface area contributed by atoms with Crippen LogP contribution in [0.3, 0.4) is 0 Å². The van der Waals surface area contributed by atoms with Gasteiger partial charge in [-0.05, 0) is 23.1 Å². The summed E-state index contributed by atoms with van der Waals surface area (Å²) in [5.74, 6) is 0.752. The van der Waals surface area contributed by atoms with Gasteiger partial charge in [0.05, 0.1) is 10.8 Å². The molecule has 116 valence electrons. The molecule has 1 amide bonds. The number of nitro groups is 1. The van der Waals surface area contributed by atoms with E-state index in [0.717, 1.165) is 11.3 Å². The summed E-state index contributed by atoms with van der Waals surface area (Å²) in [4.78, 5) is 24.3. The van der Waals surface area contributed by atoms with Gasteiger partial charge in [0.25, 0.3) is 5.69 Å². The molecule has 0 spiro atoms. The van der Waals surface area contributed by atoms with Gasteiger partial charge in [-0.1, -0.05) is 19.9 Å². The van der Waals surface area contributed by atoms with Gasteiger partial charge in [0.1, 0.15) is 4.87 Å². The van der Waals surface area contributed by atoms with Crippen molar-refractivity contribution >= 4 is 23.4 Å². The predicted octanol–water partition coefficient (Wildman–Crippen LogP) is 3.17. The SMILES string of the molecule is C=C[C@H]1C(=O)N2CC(C)(C)CS[C@]12c1ccc([N+](=O)[O-])cc1. The first kappa shape index (κ1) is 15.1. The van der Waals surface area contributed by atoms with Crippen LogP contribution >= 0.6 is 11.8 Å². The minimum atomic E-state index is -0.455. The zero-order valence-electron chi connectivity index (χ0n) is 12.6. The third kappa shape index (κ3) is 1.97. The highest BCUT2D eigenvalue weighted by molar-refractivity contribution is 8.00. The summed E-state index contributed by atoms with van der Waals surface area (Å²) < 4.78 is 0. The number of carbonyl (C=O) groups excluding carboxylic acids is 1. The van der Waals surface area contributed by atoms with Crippen molar-refractivity contribution in [2.45, 2.75) is 18.7 Å². The Balaban J connectivity index is 2.02. The number of non-ortho nitro benzene ring substituents is 1. The highest BCUT2D eigenvalue weighted by atomic mass is 32.2. The second kappa shape index (κ2) is 4.84. The maximum absolute atomic E-state index is 12.4. The molecule has 2 atom stereocenters. The number of rotatable bonds is 3. The second-order valence-corrected chi connectivity index (χ2v) is 7.79. The van der Waals surface area contributed by atoms with Gasteiger partial charge in [0.2, 0.25) is 5.91 Å². The van der Waals surface area contributed by atoms with Crippen LogP contribution in [0.2, 0.25) is 0 Å². The van der Waals surface area contributed by atoms with Crippen LogP contribution in [-0.2, 0) is 9.67 Å². The van der Waals surface area contributed by atoms with Gasteiger partial charge in [-0.15, -0.1) is 18.3 Å². The lowest BCUT2D eigenvalue weighted by molar-refractivity contribution is -0.384. The van der Waals surface area contributed by atoms with E-state index in [-0.39, 0.29) is 22.9 Å². The van der Waals surface area contributed by atoms with Gasteiger partial charge < -0.3 is 4.90 Å². The van der Waals surface area contributed by atoms with Gasteiger partial charge >= 0.3 is 0 Å². The number of fused-ring (bicyclic) bond motifs is 1. The number of amides is 1. The minimum Gasteiger partial charge on any atom is -0.322 e. The normalized spacial score (nSPS) is 29.5. The molecule has 0 bridgehead atoms. The Hall–Kier alpha value is -1.82. The number of thioether (sulfide) groups is 1. The third-order valence-electron chi connectivity index (χ3n) is 4.35. The summed E-state index contributed by atoms with van der Waals surface area (Å²) in [6.07, 6.45) is 1.70. The largest absolute Gasteiger partial charge is 0.322 e. The molecule has 2 saturated heterocycles. The van der Waals surface area contributed by atoms with Gasteiger partial charge in [0.15, 0.2) is 0 Å². The molecule has 0 saturated carbocycles. The number of β-lactam (4-membered cyclic amide) rings is 1. The first-order chi connectivity index (χ1) is 10.3. The van der Waals surface area contributed by atoms with Crippen LogP contribution in [-0.4, -0.2) is 28.0 Å². The van der Waals surface area contributed by atoms with Crippen molar-refractivity contribution in [3.05, 3.63) is 52.6 Å². The summed E-state index contributed by atoms with van der Waals surface area (Å²) in [6.45, 7) is 8.80. The van der Waals surface area contributed by atoms with Crippen LogP contribution in [0, 0.1) is 21.4 Å². The summed E-state index contributed by atoms with van der Waals surface area (Å²) in [5, 5.41) is 10.8. The summed E-state index contributed by atoms with van der Waals surface area (Å²) >= 11 is 1.74. The molecule has 0 radical (unpaired) electrons. The molecule has 1 aromatic rings. The van der Waals surface area contributed by atoms with Crippen LogP contribution in [0.4, 0.5) is 5.69 Å². The topological polar surface area (TPSA) is 63.5 Å². The molecule has 0 N–H and O–H groups in total. The van der Waals surface area contributed by atoms with E-state index >= 15 is 0 Å². The Morgan fingerprint density at radius 1 is 1.41 bits per heavy atom. The van der Waals surface area contributed by atoms with Gasteiger partial charge in [0, 0.05) is 24.4 Å². The van der Waals surface area contributed by atoms with E-state index in [1.807, 2.05) is 4.90 Å². The van der Waals surface area contributed by atoms with Crippen LogP contribution in [0.1, 0.15) is 19.4 Å². The number of nitrogens with zero attached hydrogens (tertiary/aromatic N) is 2. The van der Waals surface area contributed by atoms with Crippen molar-refractivity contribution in [2.24, 2.45) is 11.3 Å². The Bertz CT molecular complexity index is 656. The molecule has 0 unspecified atom stereocenters. The lowest BCUT2D eigenvalue weighted by Gasteiger charge is -2.62. The Morgan fingerprint density at radius 3 is 2.59 bits per heavy atom. The molecule has 5 nitrogen and oxygen atoms in total. The molecule has 2 heterocycles. The fourth-order valence-electron chi connectivity index (χ4n) is 3.24. The average Bonchev–Trinajstić information content (AvgIpc) is 2.48. The second-order valence-electron chi connectivity index (χ2n) is 6.59. The number of nitro benzene ring substituents is 1. The van der Waals surface area contributed by atoms with E-state index in [4.69, 9.17) is 0 Å². The molecule has 6 heteroatoms. The van der Waals surface area contributed by atoms with Crippen LogP contribution < -0.4 is 0 Å². The fraction of sp³-hybridized carbons (Fsp3) is 0.438. The molecular formula is C16H18N2O3S. The van der Waals surface area contributed by atoms with Crippen LogP contribution in [0.15, 0.2) is 36.9 Å². The number of benzene rings is 1. The highest BCUT2D eigenvalue weighted by Crippen LogP contribution is 2.59. The number of hydrogen-bond acceptors (Lipinski definition) is 4. The van der Waals surface area contributed by atoms with Crippen molar-refractivity contribution in [3.8, 4) is 0 Å². The van der Waals surface area contributed by atoms with Gasteiger partial charge in [-0.3, -0.25) is 14.9 Å². The van der Waals surface area contributed by atoms with E-state index in [9.17, 15) is 14.9 Å². The Morgan fingerprint density at radius 2 is 2.05 bits per heavy atom. The van der Waals surface area contributed by atoms with E-state index < -0.39 is 9.79 Å². The van der Waals surface area contributed by atoms with Crippen molar-refractivity contribution in [2.75, 3.05) is 12.3 Å². The Kier molecular flexibility index (Phi) is 3.32. The smallest absolute Gasteiger partial charge is 0.269 e. The van der Waals surface area contributed by atoms with E-state index in [1.54, 1.807) is 30.0 Å². The summed E-state index contributed by atoms with van der Waals surface area (Å²) in [5.41, 5.74) is 1.06.